The second-order valence-corrected chi connectivity index (χ2v) is 8.18. The molecule has 0 amide bonds. The van der Waals surface area contributed by atoms with Crippen LogP contribution >= 0.6 is 0 Å². The zero-order valence-electron chi connectivity index (χ0n) is 19.3. The van der Waals surface area contributed by atoms with Crippen LogP contribution in [-0.4, -0.2) is 54.2 Å². The lowest BCUT2D eigenvalue weighted by Crippen LogP contribution is -2.47. The monoisotopic (exact) mass is 434 g/mol. The molecule has 0 N–H and O–H groups in total. The fourth-order valence-corrected chi connectivity index (χ4v) is 3.99. The van der Waals surface area contributed by atoms with Crippen LogP contribution in [0.2, 0.25) is 0 Å². The Bertz CT molecular complexity index is 1070. The summed E-state index contributed by atoms with van der Waals surface area (Å²) in [5.41, 5.74) is 4.39. The Morgan fingerprint density at radius 2 is 1.56 bits per heavy atom. The van der Waals surface area contributed by atoms with Crippen LogP contribution in [0.1, 0.15) is 25.0 Å². The number of aromatic nitrogens is 3. The van der Waals surface area contributed by atoms with Crippen LogP contribution in [0, 0.1) is 19.7 Å². The molecule has 0 saturated carbocycles. The second kappa shape index (κ2) is 9.51. The van der Waals surface area contributed by atoms with Gasteiger partial charge in [-0.15, -0.1) is 0 Å². The van der Waals surface area contributed by atoms with Gasteiger partial charge in [-0.05, 0) is 63.1 Å². The predicted molar refractivity (Wildman–Crippen MR) is 129 cm³/mol. The van der Waals surface area contributed by atoms with Gasteiger partial charge in [0.05, 0.1) is 0 Å². The normalized spacial score (nSPS) is 14.0. The Morgan fingerprint density at radius 3 is 2.22 bits per heavy atom. The van der Waals surface area contributed by atoms with E-state index in [-0.39, 0.29) is 5.82 Å². The molecule has 0 bridgehead atoms. The van der Waals surface area contributed by atoms with E-state index in [0.717, 1.165) is 50.5 Å². The van der Waals surface area contributed by atoms with Crippen LogP contribution in [-0.2, 0) is 0 Å². The highest BCUT2D eigenvalue weighted by Gasteiger charge is 2.22. The molecular weight excluding hydrogens is 403 g/mol. The van der Waals surface area contributed by atoms with Gasteiger partial charge in [-0.1, -0.05) is 18.2 Å². The highest BCUT2D eigenvalue weighted by Crippen LogP contribution is 2.25. The molecule has 3 aromatic rings. The lowest BCUT2D eigenvalue weighted by atomic mass is 10.1. The SMILES string of the molecule is CCN(CC)c1nc(-c2ccc(C)c(C)c2)nc(N2CCN(c3cccc(F)c3)CC2)n1. The van der Waals surface area contributed by atoms with Crippen LogP contribution in [0.15, 0.2) is 42.5 Å². The van der Waals surface area contributed by atoms with E-state index in [4.69, 9.17) is 15.0 Å². The topological polar surface area (TPSA) is 48.4 Å². The largest absolute Gasteiger partial charge is 0.368 e. The van der Waals surface area contributed by atoms with Gasteiger partial charge in [0.1, 0.15) is 5.82 Å². The quantitative estimate of drug-likeness (QED) is 0.571. The third-order valence-electron chi connectivity index (χ3n) is 6.16. The van der Waals surface area contributed by atoms with E-state index >= 15 is 0 Å². The van der Waals surface area contributed by atoms with Crippen molar-refractivity contribution in [1.29, 1.82) is 0 Å². The van der Waals surface area contributed by atoms with E-state index in [1.54, 1.807) is 12.1 Å². The maximum atomic E-state index is 13.6. The first-order valence-corrected chi connectivity index (χ1v) is 11.3. The van der Waals surface area contributed by atoms with E-state index in [1.165, 1.54) is 17.2 Å². The molecule has 1 aliphatic rings. The average molecular weight is 435 g/mol. The Balaban J connectivity index is 1.63. The van der Waals surface area contributed by atoms with E-state index in [0.29, 0.717) is 17.7 Å². The van der Waals surface area contributed by atoms with Crippen molar-refractivity contribution in [3.05, 3.63) is 59.4 Å². The molecule has 1 aromatic heterocycles. The fourth-order valence-electron chi connectivity index (χ4n) is 3.99. The predicted octanol–water partition coefficient (Wildman–Crippen LogP) is 4.47. The number of rotatable bonds is 6. The third kappa shape index (κ3) is 4.66. The van der Waals surface area contributed by atoms with E-state index in [1.807, 2.05) is 6.07 Å². The van der Waals surface area contributed by atoms with Gasteiger partial charge in [0.25, 0.3) is 0 Å². The lowest BCUT2D eigenvalue weighted by molar-refractivity contribution is 0.617. The molecule has 1 saturated heterocycles. The number of hydrogen-bond donors (Lipinski definition) is 0. The molecule has 1 fully saturated rings. The number of nitrogens with zero attached hydrogens (tertiary/aromatic N) is 6. The fraction of sp³-hybridized carbons (Fsp3) is 0.400. The third-order valence-corrected chi connectivity index (χ3v) is 6.16. The molecule has 0 unspecified atom stereocenters. The zero-order chi connectivity index (χ0) is 22.7. The Hall–Kier alpha value is -3.22. The van der Waals surface area contributed by atoms with Gasteiger partial charge in [0.2, 0.25) is 11.9 Å². The first kappa shape index (κ1) is 22.0. The van der Waals surface area contributed by atoms with Gasteiger partial charge in [0, 0.05) is 50.5 Å². The minimum Gasteiger partial charge on any atom is -0.368 e. The van der Waals surface area contributed by atoms with Gasteiger partial charge < -0.3 is 14.7 Å². The maximum Gasteiger partial charge on any atom is 0.230 e. The second-order valence-electron chi connectivity index (χ2n) is 8.18. The van der Waals surface area contributed by atoms with Crippen LogP contribution in [0.4, 0.5) is 22.0 Å². The Kier molecular flexibility index (Phi) is 6.53. The molecule has 6 nitrogen and oxygen atoms in total. The molecular formula is C25H31FN6. The van der Waals surface area contributed by atoms with Crippen LogP contribution in [0.25, 0.3) is 11.4 Å². The molecule has 2 aromatic carbocycles. The highest BCUT2D eigenvalue weighted by molar-refractivity contribution is 5.61. The van der Waals surface area contributed by atoms with Crippen LogP contribution in [0.5, 0.6) is 0 Å². The summed E-state index contributed by atoms with van der Waals surface area (Å²) in [4.78, 5) is 21.1. The summed E-state index contributed by atoms with van der Waals surface area (Å²) in [6, 6.07) is 13.1. The summed E-state index contributed by atoms with van der Waals surface area (Å²) in [5, 5.41) is 0. The van der Waals surface area contributed by atoms with Crippen molar-refractivity contribution < 1.29 is 4.39 Å². The van der Waals surface area contributed by atoms with Gasteiger partial charge in [-0.3, -0.25) is 0 Å². The number of aryl methyl sites for hydroxylation is 2. The van der Waals surface area contributed by atoms with E-state index in [2.05, 4.69) is 60.6 Å². The average Bonchev–Trinajstić information content (AvgIpc) is 2.81. The number of halogens is 1. The first-order chi connectivity index (χ1) is 15.5. The van der Waals surface area contributed by atoms with Gasteiger partial charge in [0.15, 0.2) is 5.82 Å². The lowest BCUT2D eigenvalue weighted by Gasteiger charge is -2.36. The smallest absolute Gasteiger partial charge is 0.230 e. The van der Waals surface area contributed by atoms with Gasteiger partial charge in [-0.2, -0.15) is 15.0 Å². The summed E-state index contributed by atoms with van der Waals surface area (Å²) in [6.45, 7) is 13.2. The molecule has 0 aliphatic carbocycles. The van der Waals surface area contributed by atoms with Crippen molar-refractivity contribution in [2.24, 2.45) is 0 Å². The molecule has 2 heterocycles. The molecule has 7 heteroatoms. The van der Waals surface area contributed by atoms with Gasteiger partial charge >= 0.3 is 0 Å². The molecule has 1 aliphatic heterocycles. The minimum atomic E-state index is -0.204. The first-order valence-electron chi connectivity index (χ1n) is 11.3. The standard InChI is InChI=1S/C25H31FN6/c1-5-30(6-2)24-27-23(20-11-10-18(3)19(4)16-20)28-25(29-24)32-14-12-31(13-15-32)22-9-7-8-21(26)17-22/h7-11,16-17H,5-6,12-15H2,1-4H3. The number of benzene rings is 2. The molecule has 4 rings (SSSR count). The summed E-state index contributed by atoms with van der Waals surface area (Å²) >= 11 is 0. The van der Waals surface area contributed by atoms with Crippen molar-refractivity contribution in [3.8, 4) is 11.4 Å². The molecule has 32 heavy (non-hydrogen) atoms. The van der Waals surface area contributed by atoms with E-state index in [9.17, 15) is 4.39 Å². The zero-order valence-corrected chi connectivity index (χ0v) is 19.3. The minimum absolute atomic E-state index is 0.204. The number of anilines is 3. The Morgan fingerprint density at radius 1 is 0.844 bits per heavy atom. The van der Waals surface area contributed by atoms with Gasteiger partial charge in [-0.25, -0.2) is 4.39 Å². The summed E-state index contributed by atoms with van der Waals surface area (Å²) in [5.74, 6) is 1.91. The van der Waals surface area contributed by atoms with Crippen molar-refractivity contribution in [1.82, 2.24) is 15.0 Å². The number of piperazine rings is 1. The Labute approximate surface area is 189 Å². The molecule has 168 valence electrons. The van der Waals surface area contributed by atoms with Crippen LogP contribution < -0.4 is 14.7 Å². The molecule has 0 atom stereocenters. The molecule has 0 spiro atoms. The van der Waals surface area contributed by atoms with Crippen molar-refractivity contribution in [2.45, 2.75) is 27.7 Å². The van der Waals surface area contributed by atoms with Crippen molar-refractivity contribution in [3.63, 3.8) is 0 Å². The maximum absolute atomic E-state index is 13.6. The van der Waals surface area contributed by atoms with Crippen molar-refractivity contribution in [2.75, 3.05) is 54.0 Å². The number of hydrogen-bond acceptors (Lipinski definition) is 6. The summed E-state index contributed by atoms with van der Waals surface area (Å²) in [6.07, 6.45) is 0. The highest BCUT2D eigenvalue weighted by atomic mass is 19.1. The van der Waals surface area contributed by atoms with Crippen LogP contribution in [0.3, 0.4) is 0 Å². The van der Waals surface area contributed by atoms with Crippen molar-refractivity contribution >= 4 is 17.6 Å². The summed E-state index contributed by atoms with van der Waals surface area (Å²) in [7, 11) is 0. The molecule has 0 radical (unpaired) electrons. The van der Waals surface area contributed by atoms with E-state index < -0.39 is 0 Å². The summed E-state index contributed by atoms with van der Waals surface area (Å²) < 4.78 is 13.6.